The molecule has 0 radical (unpaired) electrons. The molecular formula is C17H31N5O7. The summed E-state index contributed by atoms with van der Waals surface area (Å²) in [5.41, 5.74) is 10.8. The summed E-state index contributed by atoms with van der Waals surface area (Å²) in [5.74, 6) is -4.99. The third-order valence-corrected chi connectivity index (χ3v) is 3.98. The molecule has 9 N–H and O–H groups in total. The molecule has 0 aromatic heterocycles. The molecule has 0 saturated carbocycles. The number of hydrogen-bond donors (Lipinski definition) is 7. The summed E-state index contributed by atoms with van der Waals surface area (Å²) >= 11 is 0. The number of carbonyl (C=O) groups excluding carboxylic acids is 3. The summed E-state index contributed by atoms with van der Waals surface area (Å²) in [5, 5.41) is 24.9. The van der Waals surface area contributed by atoms with Gasteiger partial charge in [-0.3, -0.25) is 19.2 Å². The van der Waals surface area contributed by atoms with Gasteiger partial charge in [0, 0.05) is 0 Å². The van der Waals surface area contributed by atoms with Crippen molar-refractivity contribution in [3.8, 4) is 0 Å². The minimum absolute atomic E-state index is 0.203. The molecule has 0 unspecified atom stereocenters. The van der Waals surface area contributed by atoms with E-state index in [4.69, 9.17) is 16.6 Å². The number of aliphatic carboxylic acids is 2. The molecule has 166 valence electrons. The molecule has 0 bridgehead atoms. The van der Waals surface area contributed by atoms with Crippen LogP contribution in [0.4, 0.5) is 0 Å². The van der Waals surface area contributed by atoms with Crippen molar-refractivity contribution in [1.29, 1.82) is 0 Å². The van der Waals surface area contributed by atoms with E-state index in [2.05, 4.69) is 16.0 Å². The van der Waals surface area contributed by atoms with Crippen molar-refractivity contribution in [1.82, 2.24) is 16.0 Å². The zero-order valence-electron chi connectivity index (χ0n) is 16.6. The molecule has 0 aromatic rings. The Labute approximate surface area is 168 Å². The van der Waals surface area contributed by atoms with Gasteiger partial charge in [-0.15, -0.1) is 0 Å². The van der Waals surface area contributed by atoms with Gasteiger partial charge in [-0.25, -0.2) is 4.79 Å². The van der Waals surface area contributed by atoms with E-state index in [1.165, 1.54) is 0 Å². The number of nitrogens with two attached hydrogens (primary N) is 2. The van der Waals surface area contributed by atoms with Gasteiger partial charge in [0.2, 0.25) is 17.7 Å². The third kappa shape index (κ3) is 11.0. The van der Waals surface area contributed by atoms with Crippen LogP contribution in [0.5, 0.6) is 0 Å². The largest absolute Gasteiger partial charge is 0.481 e. The normalized spacial score (nSPS) is 13.8. The monoisotopic (exact) mass is 417 g/mol. The second kappa shape index (κ2) is 13.4. The smallest absolute Gasteiger partial charge is 0.326 e. The molecule has 0 aliphatic heterocycles. The van der Waals surface area contributed by atoms with E-state index in [9.17, 15) is 29.1 Å². The van der Waals surface area contributed by atoms with E-state index in [0.717, 1.165) is 0 Å². The lowest BCUT2D eigenvalue weighted by atomic mass is 10.0. The topological polar surface area (TPSA) is 214 Å². The average Bonchev–Trinajstić information content (AvgIpc) is 2.62. The minimum Gasteiger partial charge on any atom is -0.481 e. The van der Waals surface area contributed by atoms with Gasteiger partial charge < -0.3 is 37.6 Å². The Kier molecular flexibility index (Phi) is 12.2. The van der Waals surface area contributed by atoms with E-state index in [1.54, 1.807) is 13.8 Å². The minimum atomic E-state index is -1.31. The Balaban J connectivity index is 4.77. The fraction of sp³-hybridized carbons (Fsp3) is 0.706. The van der Waals surface area contributed by atoms with E-state index < -0.39 is 60.8 Å². The lowest BCUT2D eigenvalue weighted by molar-refractivity contribution is -0.142. The van der Waals surface area contributed by atoms with Crippen LogP contribution in [0.2, 0.25) is 0 Å². The van der Waals surface area contributed by atoms with Crippen LogP contribution < -0.4 is 27.4 Å². The maximum Gasteiger partial charge on any atom is 0.326 e. The SMILES string of the molecule is CC(C)[C@H](NC(=O)CNC(=O)[C@@H](N)CC(=O)O)C(=O)N[C@@H](CCCCN)C(=O)O. The number of carbonyl (C=O) groups is 5. The molecule has 0 aliphatic carbocycles. The number of nitrogens with one attached hydrogen (secondary N) is 3. The van der Waals surface area contributed by atoms with Gasteiger partial charge in [0.1, 0.15) is 12.1 Å². The second-order valence-electron chi connectivity index (χ2n) is 6.90. The first-order chi connectivity index (χ1) is 13.5. The van der Waals surface area contributed by atoms with E-state index in [1.807, 2.05) is 0 Å². The lowest BCUT2D eigenvalue weighted by Crippen LogP contribution is -2.55. The number of rotatable bonds is 14. The van der Waals surface area contributed by atoms with Gasteiger partial charge >= 0.3 is 11.9 Å². The molecule has 29 heavy (non-hydrogen) atoms. The van der Waals surface area contributed by atoms with Crippen LogP contribution in [0.15, 0.2) is 0 Å². The van der Waals surface area contributed by atoms with Crippen LogP contribution in [0.25, 0.3) is 0 Å². The molecule has 0 aliphatic rings. The van der Waals surface area contributed by atoms with Crippen molar-refractivity contribution >= 4 is 29.7 Å². The van der Waals surface area contributed by atoms with Gasteiger partial charge in [0.15, 0.2) is 0 Å². The Bertz CT molecular complexity index is 597. The number of amides is 3. The fourth-order valence-electron chi connectivity index (χ4n) is 2.35. The lowest BCUT2D eigenvalue weighted by Gasteiger charge is -2.24. The quantitative estimate of drug-likeness (QED) is 0.152. The molecule has 0 fully saturated rings. The fourth-order valence-corrected chi connectivity index (χ4v) is 2.35. The highest BCUT2D eigenvalue weighted by molar-refractivity contribution is 5.93. The highest BCUT2D eigenvalue weighted by atomic mass is 16.4. The molecule has 0 rings (SSSR count). The highest BCUT2D eigenvalue weighted by Gasteiger charge is 2.28. The summed E-state index contributed by atoms with van der Waals surface area (Å²) in [4.78, 5) is 58.0. The number of carboxylic acid groups (broad SMARTS) is 2. The maximum atomic E-state index is 12.4. The van der Waals surface area contributed by atoms with Gasteiger partial charge in [-0.1, -0.05) is 13.8 Å². The predicted octanol–water partition coefficient (Wildman–Crippen LogP) is -2.26. The zero-order valence-corrected chi connectivity index (χ0v) is 16.6. The van der Waals surface area contributed by atoms with Crippen LogP contribution in [0, 0.1) is 5.92 Å². The Morgan fingerprint density at radius 2 is 1.59 bits per heavy atom. The van der Waals surface area contributed by atoms with Gasteiger partial charge in [0.25, 0.3) is 0 Å². The van der Waals surface area contributed by atoms with Gasteiger partial charge in [-0.2, -0.15) is 0 Å². The molecular weight excluding hydrogens is 386 g/mol. The molecule has 3 atom stereocenters. The van der Waals surface area contributed by atoms with Crippen molar-refractivity contribution in [2.45, 2.75) is 57.7 Å². The predicted molar refractivity (Wildman–Crippen MR) is 102 cm³/mol. The Morgan fingerprint density at radius 1 is 0.966 bits per heavy atom. The van der Waals surface area contributed by atoms with Crippen molar-refractivity contribution in [2.24, 2.45) is 17.4 Å². The third-order valence-electron chi connectivity index (χ3n) is 3.98. The van der Waals surface area contributed by atoms with Crippen LogP contribution in [-0.4, -0.2) is 71.1 Å². The van der Waals surface area contributed by atoms with Crippen molar-refractivity contribution in [3.63, 3.8) is 0 Å². The molecule has 0 aromatic carbocycles. The van der Waals surface area contributed by atoms with E-state index >= 15 is 0 Å². The molecule has 0 saturated heterocycles. The van der Waals surface area contributed by atoms with Crippen LogP contribution in [-0.2, 0) is 24.0 Å². The van der Waals surface area contributed by atoms with E-state index in [-0.39, 0.29) is 12.3 Å². The molecule has 0 spiro atoms. The molecule has 0 heterocycles. The summed E-state index contributed by atoms with van der Waals surface area (Å²) in [7, 11) is 0. The summed E-state index contributed by atoms with van der Waals surface area (Å²) in [6, 6.07) is -3.45. The first-order valence-electron chi connectivity index (χ1n) is 9.27. The van der Waals surface area contributed by atoms with Crippen LogP contribution >= 0.6 is 0 Å². The average molecular weight is 417 g/mol. The van der Waals surface area contributed by atoms with E-state index in [0.29, 0.717) is 19.4 Å². The van der Waals surface area contributed by atoms with Crippen LogP contribution in [0.1, 0.15) is 39.5 Å². The van der Waals surface area contributed by atoms with Crippen molar-refractivity contribution in [2.75, 3.05) is 13.1 Å². The Morgan fingerprint density at radius 3 is 2.07 bits per heavy atom. The Hall–Kier alpha value is -2.73. The highest BCUT2D eigenvalue weighted by Crippen LogP contribution is 2.06. The molecule has 3 amide bonds. The first kappa shape index (κ1) is 26.3. The number of carboxylic acids is 2. The number of hydrogen-bond acceptors (Lipinski definition) is 7. The maximum absolute atomic E-state index is 12.4. The standard InChI is InChI=1S/C17H31N5O7/c1-9(2)14(16(27)21-11(17(28)29)5-3-4-6-18)22-12(23)8-20-15(26)10(19)7-13(24)25/h9-11,14H,3-8,18-19H2,1-2H3,(H,20,26)(H,21,27)(H,22,23)(H,24,25)(H,28,29)/t10-,11-,14-/m0/s1. The van der Waals surface area contributed by atoms with Crippen LogP contribution in [0.3, 0.4) is 0 Å². The van der Waals surface area contributed by atoms with Crippen molar-refractivity contribution in [3.05, 3.63) is 0 Å². The molecule has 12 heteroatoms. The summed E-state index contributed by atoms with van der Waals surface area (Å²) in [6.45, 7) is 3.22. The second-order valence-corrected chi connectivity index (χ2v) is 6.90. The zero-order chi connectivity index (χ0) is 22.6. The van der Waals surface area contributed by atoms with Crippen molar-refractivity contribution < 1.29 is 34.2 Å². The summed E-state index contributed by atoms with van der Waals surface area (Å²) in [6.07, 6.45) is 0.753. The van der Waals surface area contributed by atoms with Gasteiger partial charge in [-0.05, 0) is 31.7 Å². The number of unbranched alkanes of at least 4 members (excludes halogenated alkanes) is 1. The molecule has 12 nitrogen and oxygen atoms in total. The van der Waals surface area contributed by atoms with Gasteiger partial charge in [0.05, 0.1) is 19.0 Å². The first-order valence-corrected chi connectivity index (χ1v) is 9.27. The summed E-state index contributed by atoms with van der Waals surface area (Å²) < 4.78 is 0.